The number of allylic oxidation sites excluding steroid dienone is 2. The Morgan fingerprint density at radius 2 is 2.00 bits per heavy atom. The summed E-state index contributed by atoms with van der Waals surface area (Å²) in [5, 5.41) is 10.4. The smallest absolute Gasteiger partial charge is 0.155 e. The second-order valence-electron chi connectivity index (χ2n) is 7.94. The normalized spacial score (nSPS) is 51.0. The molecule has 0 aromatic heterocycles. The monoisotopic (exact) mass is 274 g/mol. The Balaban J connectivity index is 1.66. The molecule has 1 N–H and O–H groups in total. The summed E-state index contributed by atoms with van der Waals surface area (Å²) in [7, 11) is 0. The lowest BCUT2D eigenvalue weighted by molar-refractivity contribution is -0.115. The SMILES string of the molecule is C[C@]12CC[C@@H]3C4=CC(=O)CC[C@@H]4CC[C@@H]3[C@@H]1CC[C@@H]2O. The highest BCUT2D eigenvalue weighted by Crippen LogP contribution is 2.61. The molecule has 3 fully saturated rings. The molecule has 3 saturated carbocycles. The third-order valence-electron chi connectivity index (χ3n) is 7.20. The Labute approximate surface area is 121 Å². The molecule has 4 rings (SSSR count). The number of aliphatic hydroxyl groups excluding tert-OH is 1. The van der Waals surface area contributed by atoms with Gasteiger partial charge in [-0.1, -0.05) is 12.5 Å². The second kappa shape index (κ2) is 4.43. The molecule has 0 spiro atoms. The van der Waals surface area contributed by atoms with Crippen LogP contribution in [0.2, 0.25) is 0 Å². The molecular formula is C18H26O2. The van der Waals surface area contributed by atoms with Crippen LogP contribution < -0.4 is 0 Å². The number of ketones is 1. The van der Waals surface area contributed by atoms with Gasteiger partial charge in [0.05, 0.1) is 6.10 Å². The fourth-order valence-electron chi connectivity index (χ4n) is 6.05. The number of carbonyl (C=O) groups is 1. The van der Waals surface area contributed by atoms with Crippen molar-refractivity contribution in [1.82, 2.24) is 0 Å². The van der Waals surface area contributed by atoms with E-state index < -0.39 is 0 Å². The first-order valence-corrected chi connectivity index (χ1v) is 8.52. The number of hydrogen-bond donors (Lipinski definition) is 1. The van der Waals surface area contributed by atoms with Crippen LogP contribution in [0, 0.1) is 29.1 Å². The average molecular weight is 274 g/mol. The molecule has 0 bridgehead atoms. The summed E-state index contributed by atoms with van der Waals surface area (Å²) in [4.78, 5) is 11.8. The van der Waals surface area contributed by atoms with Gasteiger partial charge in [0, 0.05) is 6.42 Å². The van der Waals surface area contributed by atoms with Crippen LogP contribution in [-0.2, 0) is 4.79 Å². The van der Waals surface area contributed by atoms with Crippen molar-refractivity contribution in [2.75, 3.05) is 0 Å². The predicted molar refractivity (Wildman–Crippen MR) is 78.1 cm³/mol. The van der Waals surface area contributed by atoms with Crippen molar-refractivity contribution in [1.29, 1.82) is 0 Å². The fourth-order valence-corrected chi connectivity index (χ4v) is 6.05. The number of fused-ring (bicyclic) bond motifs is 5. The summed E-state index contributed by atoms with van der Waals surface area (Å²) in [6.07, 6.45) is 10.9. The maximum Gasteiger partial charge on any atom is 0.155 e. The Morgan fingerprint density at radius 1 is 1.15 bits per heavy atom. The molecule has 2 heteroatoms. The summed E-state index contributed by atoms with van der Waals surface area (Å²) in [5.74, 6) is 3.14. The minimum atomic E-state index is -0.0897. The molecule has 6 atom stereocenters. The van der Waals surface area contributed by atoms with E-state index >= 15 is 0 Å². The molecule has 0 aliphatic heterocycles. The second-order valence-corrected chi connectivity index (χ2v) is 7.94. The van der Waals surface area contributed by atoms with Gasteiger partial charge >= 0.3 is 0 Å². The molecule has 0 saturated heterocycles. The molecule has 110 valence electrons. The van der Waals surface area contributed by atoms with Crippen molar-refractivity contribution < 1.29 is 9.90 Å². The molecule has 4 aliphatic carbocycles. The van der Waals surface area contributed by atoms with Gasteiger partial charge in [0.1, 0.15) is 0 Å². The lowest BCUT2D eigenvalue weighted by Crippen LogP contribution is -2.46. The molecular weight excluding hydrogens is 248 g/mol. The maximum atomic E-state index is 11.8. The van der Waals surface area contributed by atoms with Crippen molar-refractivity contribution in [3.63, 3.8) is 0 Å². The van der Waals surface area contributed by atoms with Crippen LogP contribution in [-0.4, -0.2) is 17.0 Å². The van der Waals surface area contributed by atoms with E-state index in [1.54, 1.807) is 0 Å². The molecule has 0 heterocycles. The highest BCUT2D eigenvalue weighted by molar-refractivity contribution is 5.91. The van der Waals surface area contributed by atoms with Gasteiger partial charge < -0.3 is 5.11 Å². The highest BCUT2D eigenvalue weighted by Gasteiger charge is 2.55. The number of carbonyl (C=O) groups excluding carboxylic acids is 1. The van der Waals surface area contributed by atoms with Crippen LogP contribution in [0.25, 0.3) is 0 Å². The van der Waals surface area contributed by atoms with E-state index in [-0.39, 0.29) is 11.5 Å². The van der Waals surface area contributed by atoms with Gasteiger partial charge in [0.25, 0.3) is 0 Å². The molecule has 0 radical (unpaired) electrons. The molecule has 0 aromatic rings. The van der Waals surface area contributed by atoms with E-state index in [1.165, 1.54) is 31.3 Å². The van der Waals surface area contributed by atoms with Gasteiger partial charge in [-0.3, -0.25) is 4.79 Å². The number of rotatable bonds is 0. The van der Waals surface area contributed by atoms with Crippen LogP contribution in [0.1, 0.15) is 58.3 Å². The molecule has 0 unspecified atom stereocenters. The van der Waals surface area contributed by atoms with Gasteiger partial charge in [0.15, 0.2) is 5.78 Å². The van der Waals surface area contributed by atoms with Crippen molar-refractivity contribution in [2.24, 2.45) is 29.1 Å². The van der Waals surface area contributed by atoms with E-state index in [2.05, 4.69) is 6.92 Å². The summed E-state index contributed by atoms with van der Waals surface area (Å²) in [6.45, 7) is 2.32. The van der Waals surface area contributed by atoms with Gasteiger partial charge in [-0.05, 0) is 80.1 Å². The van der Waals surface area contributed by atoms with Gasteiger partial charge in [-0.25, -0.2) is 0 Å². The van der Waals surface area contributed by atoms with Crippen molar-refractivity contribution >= 4 is 5.78 Å². The zero-order valence-electron chi connectivity index (χ0n) is 12.5. The molecule has 4 aliphatic rings. The minimum absolute atomic E-state index is 0.0897. The minimum Gasteiger partial charge on any atom is -0.393 e. The Bertz CT molecular complexity index is 466. The summed E-state index contributed by atoms with van der Waals surface area (Å²) in [6, 6.07) is 0. The quantitative estimate of drug-likeness (QED) is 0.734. The molecule has 0 amide bonds. The largest absolute Gasteiger partial charge is 0.393 e. The first-order valence-electron chi connectivity index (χ1n) is 8.52. The van der Waals surface area contributed by atoms with Crippen LogP contribution in [0.4, 0.5) is 0 Å². The maximum absolute atomic E-state index is 11.8. The summed E-state index contributed by atoms with van der Waals surface area (Å²) >= 11 is 0. The number of hydrogen-bond acceptors (Lipinski definition) is 2. The Hall–Kier alpha value is -0.630. The Kier molecular flexibility index (Phi) is 2.89. The fraction of sp³-hybridized carbons (Fsp3) is 0.833. The topological polar surface area (TPSA) is 37.3 Å². The van der Waals surface area contributed by atoms with E-state index in [0.717, 1.165) is 31.6 Å². The average Bonchev–Trinajstić information content (AvgIpc) is 2.74. The highest BCUT2D eigenvalue weighted by atomic mass is 16.3. The van der Waals surface area contributed by atoms with Crippen molar-refractivity contribution in [2.45, 2.75) is 64.4 Å². The van der Waals surface area contributed by atoms with Crippen LogP contribution >= 0.6 is 0 Å². The molecule has 0 aromatic carbocycles. The van der Waals surface area contributed by atoms with Crippen molar-refractivity contribution in [3.05, 3.63) is 11.6 Å². The predicted octanol–water partition coefficient (Wildman–Crippen LogP) is 3.49. The van der Waals surface area contributed by atoms with Gasteiger partial charge in [0.2, 0.25) is 0 Å². The third-order valence-corrected chi connectivity index (χ3v) is 7.20. The standard InChI is InChI=1S/C18H26O2/c1-18-9-8-13-14(16(18)6-7-17(18)20)5-3-11-2-4-12(19)10-15(11)13/h10-11,13-14,16-17,20H,2-9H2,1H3/t11-,13+,14+,16+,17+,18+/m1/s1. The van der Waals surface area contributed by atoms with E-state index in [1.807, 2.05) is 6.08 Å². The van der Waals surface area contributed by atoms with Crippen LogP contribution in [0.5, 0.6) is 0 Å². The molecule has 20 heavy (non-hydrogen) atoms. The van der Waals surface area contributed by atoms with E-state index in [4.69, 9.17) is 0 Å². The molecule has 2 nitrogen and oxygen atoms in total. The summed E-state index contributed by atoms with van der Waals surface area (Å²) in [5.41, 5.74) is 1.66. The van der Waals surface area contributed by atoms with Crippen molar-refractivity contribution in [3.8, 4) is 0 Å². The first kappa shape index (κ1) is 13.1. The third kappa shape index (κ3) is 1.70. The van der Waals surface area contributed by atoms with Gasteiger partial charge in [-0.15, -0.1) is 0 Å². The zero-order valence-corrected chi connectivity index (χ0v) is 12.5. The summed E-state index contributed by atoms with van der Waals surface area (Å²) < 4.78 is 0. The first-order chi connectivity index (χ1) is 9.59. The Morgan fingerprint density at radius 3 is 2.85 bits per heavy atom. The van der Waals surface area contributed by atoms with E-state index in [0.29, 0.717) is 23.5 Å². The lowest BCUT2D eigenvalue weighted by atomic mass is 9.53. The van der Waals surface area contributed by atoms with Gasteiger partial charge in [-0.2, -0.15) is 0 Å². The van der Waals surface area contributed by atoms with Crippen LogP contribution in [0.15, 0.2) is 11.6 Å². The zero-order chi connectivity index (χ0) is 13.9. The van der Waals surface area contributed by atoms with E-state index in [9.17, 15) is 9.90 Å². The van der Waals surface area contributed by atoms with Crippen LogP contribution in [0.3, 0.4) is 0 Å². The number of aliphatic hydroxyl groups is 1. The lowest BCUT2D eigenvalue weighted by Gasteiger charge is -2.52.